The van der Waals surface area contributed by atoms with Gasteiger partial charge in [-0.2, -0.15) is 0 Å². The van der Waals surface area contributed by atoms with E-state index in [1.165, 1.54) is 16.7 Å². The molecular formula is C25H35NO. The average Bonchev–Trinajstić information content (AvgIpc) is 2.83. The van der Waals surface area contributed by atoms with Gasteiger partial charge in [-0.25, -0.2) is 0 Å². The Morgan fingerprint density at radius 3 is 2.44 bits per heavy atom. The van der Waals surface area contributed by atoms with E-state index in [0.717, 1.165) is 57.3 Å². The topological polar surface area (TPSA) is 23.5 Å². The van der Waals surface area contributed by atoms with E-state index < -0.39 is 5.60 Å². The van der Waals surface area contributed by atoms with Crippen LogP contribution in [0, 0.1) is 6.92 Å². The van der Waals surface area contributed by atoms with E-state index in [2.05, 4.69) is 74.2 Å². The van der Waals surface area contributed by atoms with Crippen molar-refractivity contribution in [2.45, 2.75) is 64.4 Å². The second kappa shape index (κ2) is 9.03. The minimum Gasteiger partial charge on any atom is -0.385 e. The van der Waals surface area contributed by atoms with E-state index in [4.69, 9.17) is 0 Å². The summed E-state index contributed by atoms with van der Waals surface area (Å²) >= 11 is 0. The van der Waals surface area contributed by atoms with E-state index in [9.17, 15) is 5.11 Å². The number of fused-ring (bicyclic) bond motifs is 1. The van der Waals surface area contributed by atoms with Gasteiger partial charge in [0.2, 0.25) is 0 Å². The molecule has 0 aliphatic heterocycles. The summed E-state index contributed by atoms with van der Waals surface area (Å²) in [5.41, 5.74) is 4.26. The number of nitrogens with zero attached hydrogens (tertiary/aromatic N) is 1. The Kier molecular flexibility index (Phi) is 6.73. The van der Waals surface area contributed by atoms with Crippen molar-refractivity contribution in [3.05, 3.63) is 70.8 Å². The molecule has 0 saturated carbocycles. The van der Waals surface area contributed by atoms with Gasteiger partial charge in [-0.1, -0.05) is 67.9 Å². The molecule has 2 aromatic carbocycles. The molecule has 2 atom stereocenters. The van der Waals surface area contributed by atoms with Crippen molar-refractivity contribution in [1.82, 2.24) is 4.90 Å². The summed E-state index contributed by atoms with van der Waals surface area (Å²) in [4.78, 5) is 2.45. The van der Waals surface area contributed by atoms with E-state index in [1.54, 1.807) is 0 Å². The van der Waals surface area contributed by atoms with Gasteiger partial charge in [0.1, 0.15) is 0 Å². The van der Waals surface area contributed by atoms with Crippen LogP contribution in [0.5, 0.6) is 0 Å². The molecule has 146 valence electrons. The van der Waals surface area contributed by atoms with Crippen LogP contribution in [0.2, 0.25) is 0 Å². The third kappa shape index (κ3) is 4.44. The minimum atomic E-state index is -0.782. The predicted molar refractivity (Wildman–Crippen MR) is 114 cm³/mol. The summed E-state index contributed by atoms with van der Waals surface area (Å²) in [5.74, 6) is 0.165. The molecule has 1 aliphatic carbocycles. The van der Waals surface area contributed by atoms with Gasteiger partial charge in [-0.15, -0.1) is 0 Å². The molecule has 2 aromatic rings. The normalized spacial score (nSPS) is 22.5. The lowest BCUT2D eigenvalue weighted by molar-refractivity contribution is -0.00671. The Bertz CT molecular complexity index is 719. The lowest BCUT2D eigenvalue weighted by Gasteiger charge is -2.37. The lowest BCUT2D eigenvalue weighted by atomic mass is 9.73. The lowest BCUT2D eigenvalue weighted by Crippen LogP contribution is -2.35. The Labute approximate surface area is 165 Å². The van der Waals surface area contributed by atoms with Crippen molar-refractivity contribution in [1.29, 1.82) is 0 Å². The molecule has 0 aromatic heterocycles. The zero-order chi connectivity index (χ0) is 19.3. The molecule has 1 N–H and O–H groups in total. The third-order valence-corrected chi connectivity index (χ3v) is 6.41. The average molecular weight is 366 g/mol. The maximum absolute atomic E-state index is 12.1. The van der Waals surface area contributed by atoms with Gasteiger partial charge in [-0.3, -0.25) is 0 Å². The van der Waals surface area contributed by atoms with Crippen LogP contribution in [0.4, 0.5) is 0 Å². The highest BCUT2D eigenvalue weighted by atomic mass is 16.3. The standard InChI is InChI=1S/C25H35NO/c1-4-26(5-2)19-9-18-25(27)23-12-7-6-10-21(23)11-8-13-24(25)22-16-14-20(3)15-17-22/h6-7,10,12,14-17,24,27H,4-5,8-9,11,13,18-19H2,1-3H3/t24-,25-/m1/s1. The van der Waals surface area contributed by atoms with Gasteiger partial charge in [-0.05, 0) is 75.4 Å². The van der Waals surface area contributed by atoms with Crippen molar-refractivity contribution in [2.75, 3.05) is 19.6 Å². The molecule has 27 heavy (non-hydrogen) atoms. The molecule has 1 aliphatic rings. The fourth-order valence-corrected chi connectivity index (χ4v) is 4.75. The Morgan fingerprint density at radius 1 is 1.04 bits per heavy atom. The van der Waals surface area contributed by atoms with E-state index in [1.807, 2.05) is 0 Å². The smallest absolute Gasteiger partial charge is 0.0967 e. The Balaban J connectivity index is 1.94. The Morgan fingerprint density at radius 2 is 1.74 bits per heavy atom. The molecular weight excluding hydrogens is 330 g/mol. The highest BCUT2D eigenvalue weighted by Crippen LogP contribution is 2.47. The van der Waals surface area contributed by atoms with E-state index in [-0.39, 0.29) is 5.92 Å². The van der Waals surface area contributed by atoms with Gasteiger partial charge in [0, 0.05) is 5.92 Å². The monoisotopic (exact) mass is 365 g/mol. The fourth-order valence-electron chi connectivity index (χ4n) is 4.75. The van der Waals surface area contributed by atoms with Gasteiger partial charge in [0.15, 0.2) is 0 Å². The molecule has 0 saturated heterocycles. The molecule has 0 amide bonds. The first kappa shape index (κ1) is 20.1. The number of rotatable bonds is 7. The summed E-state index contributed by atoms with van der Waals surface area (Å²) in [7, 11) is 0. The van der Waals surface area contributed by atoms with Crippen molar-refractivity contribution >= 4 is 0 Å². The van der Waals surface area contributed by atoms with E-state index in [0.29, 0.717) is 0 Å². The van der Waals surface area contributed by atoms with Gasteiger partial charge >= 0.3 is 0 Å². The van der Waals surface area contributed by atoms with Crippen LogP contribution in [0.1, 0.15) is 67.7 Å². The zero-order valence-electron chi connectivity index (χ0n) is 17.2. The maximum atomic E-state index is 12.1. The highest BCUT2D eigenvalue weighted by molar-refractivity contribution is 5.39. The van der Waals surface area contributed by atoms with Crippen molar-refractivity contribution in [2.24, 2.45) is 0 Å². The Hall–Kier alpha value is -1.64. The number of benzene rings is 2. The fraction of sp³-hybridized carbons (Fsp3) is 0.520. The van der Waals surface area contributed by atoms with Crippen LogP contribution in [-0.4, -0.2) is 29.6 Å². The quantitative estimate of drug-likeness (QED) is 0.662. The highest BCUT2D eigenvalue weighted by Gasteiger charge is 2.41. The van der Waals surface area contributed by atoms with Crippen LogP contribution in [0.15, 0.2) is 48.5 Å². The summed E-state index contributed by atoms with van der Waals surface area (Å²) in [6.45, 7) is 9.77. The number of hydrogen-bond donors (Lipinski definition) is 1. The number of aliphatic hydroxyl groups is 1. The molecule has 2 heteroatoms. The molecule has 0 heterocycles. The molecule has 0 unspecified atom stereocenters. The summed E-state index contributed by atoms with van der Waals surface area (Å²) in [6, 6.07) is 17.4. The van der Waals surface area contributed by atoms with Crippen molar-refractivity contribution < 1.29 is 5.11 Å². The maximum Gasteiger partial charge on any atom is 0.0967 e. The van der Waals surface area contributed by atoms with Crippen molar-refractivity contribution in [3.8, 4) is 0 Å². The zero-order valence-corrected chi connectivity index (χ0v) is 17.2. The van der Waals surface area contributed by atoms with Gasteiger partial charge < -0.3 is 10.0 Å². The predicted octanol–water partition coefficient (Wildman–Crippen LogP) is 5.42. The SMILES string of the molecule is CCN(CC)CCC[C@@]1(O)c2ccccc2CCC[C@@H]1c1ccc(C)cc1. The van der Waals surface area contributed by atoms with Gasteiger partial charge in [0.05, 0.1) is 5.60 Å². The van der Waals surface area contributed by atoms with Crippen LogP contribution >= 0.6 is 0 Å². The summed E-state index contributed by atoms with van der Waals surface area (Å²) in [6.07, 6.45) is 5.08. The number of aryl methyl sites for hydroxylation is 2. The summed E-state index contributed by atoms with van der Waals surface area (Å²) in [5, 5.41) is 12.1. The molecule has 2 nitrogen and oxygen atoms in total. The first-order valence-corrected chi connectivity index (χ1v) is 10.7. The molecule has 0 radical (unpaired) electrons. The molecule has 0 bridgehead atoms. The van der Waals surface area contributed by atoms with E-state index >= 15 is 0 Å². The van der Waals surface area contributed by atoms with Crippen molar-refractivity contribution in [3.63, 3.8) is 0 Å². The second-order valence-electron chi connectivity index (χ2n) is 8.07. The largest absolute Gasteiger partial charge is 0.385 e. The second-order valence-corrected chi connectivity index (χ2v) is 8.07. The van der Waals surface area contributed by atoms with Crippen LogP contribution in [0.25, 0.3) is 0 Å². The molecule has 0 spiro atoms. The summed E-state index contributed by atoms with van der Waals surface area (Å²) < 4.78 is 0. The first-order valence-electron chi connectivity index (χ1n) is 10.7. The van der Waals surface area contributed by atoms with Crippen LogP contribution in [0.3, 0.4) is 0 Å². The first-order chi connectivity index (χ1) is 13.1. The minimum absolute atomic E-state index is 0.165. The third-order valence-electron chi connectivity index (χ3n) is 6.41. The van der Waals surface area contributed by atoms with Crippen LogP contribution < -0.4 is 0 Å². The van der Waals surface area contributed by atoms with Gasteiger partial charge in [0.25, 0.3) is 0 Å². The molecule has 3 rings (SSSR count). The molecule has 0 fully saturated rings. The van der Waals surface area contributed by atoms with Crippen LogP contribution in [-0.2, 0) is 12.0 Å². The number of hydrogen-bond acceptors (Lipinski definition) is 2.